The first kappa shape index (κ1) is 24.5. The molecule has 148 valence electrons. The largest absolute Gasteiger partial charge is 0.480 e. The monoisotopic (exact) mass is 372 g/mol. The van der Waals surface area contributed by atoms with Crippen molar-refractivity contribution < 1.29 is 9.90 Å². The van der Waals surface area contributed by atoms with E-state index in [1.54, 1.807) is 0 Å². The lowest BCUT2D eigenvalue weighted by Gasteiger charge is -2.04. The molecule has 1 unspecified atom stereocenters. The lowest BCUT2D eigenvalue weighted by atomic mass is 10.1. The van der Waals surface area contributed by atoms with Crippen LogP contribution in [0.2, 0.25) is 0 Å². The van der Waals surface area contributed by atoms with Crippen molar-refractivity contribution in [1.82, 2.24) is 0 Å². The molecule has 1 N–H and O–H groups in total. The fraction of sp³-hybridized carbons (Fsp3) is 0.864. The van der Waals surface area contributed by atoms with Crippen LogP contribution in [0, 0.1) is 0 Å². The molecule has 0 aromatic carbocycles. The average Bonchev–Trinajstić information content (AvgIpc) is 2.60. The minimum absolute atomic E-state index is 0.599. The second kappa shape index (κ2) is 19.8. The maximum absolute atomic E-state index is 10.6. The third-order valence-electron chi connectivity index (χ3n) is 4.74. The van der Waals surface area contributed by atoms with Crippen molar-refractivity contribution in [3.63, 3.8) is 0 Å². The van der Waals surface area contributed by atoms with Crippen LogP contribution in [0.3, 0.4) is 0 Å². The number of aliphatic carboxylic acids is 1. The van der Waals surface area contributed by atoms with E-state index in [0.29, 0.717) is 6.42 Å². The first-order valence-corrected chi connectivity index (χ1v) is 11.1. The van der Waals surface area contributed by atoms with Gasteiger partial charge in [0.15, 0.2) is 0 Å². The smallest absolute Gasteiger partial charge is 0.321 e. The third kappa shape index (κ3) is 19.7. The first-order chi connectivity index (χ1) is 12.2. The van der Waals surface area contributed by atoms with Crippen molar-refractivity contribution in [3.05, 3.63) is 12.2 Å². The molecule has 0 amide bonds. The van der Waals surface area contributed by atoms with Crippen LogP contribution in [0.1, 0.15) is 116 Å². The van der Waals surface area contributed by atoms with Crippen LogP contribution in [-0.4, -0.2) is 16.5 Å². The van der Waals surface area contributed by atoms with Gasteiger partial charge >= 0.3 is 5.97 Å². The number of allylic oxidation sites excluding steroid dienone is 2. The molecule has 3 heteroatoms. The van der Waals surface area contributed by atoms with Gasteiger partial charge in [-0.15, -0.1) is 11.6 Å². The van der Waals surface area contributed by atoms with Crippen molar-refractivity contribution >= 4 is 17.6 Å². The molecule has 0 aliphatic heterocycles. The summed E-state index contributed by atoms with van der Waals surface area (Å²) < 4.78 is 0. The molecule has 0 spiro atoms. The number of hydrogen-bond acceptors (Lipinski definition) is 1. The van der Waals surface area contributed by atoms with Crippen LogP contribution in [0.25, 0.3) is 0 Å². The Morgan fingerprint density at radius 1 is 0.760 bits per heavy atom. The zero-order chi connectivity index (χ0) is 18.6. The van der Waals surface area contributed by atoms with Gasteiger partial charge in [-0.3, -0.25) is 4.79 Å². The van der Waals surface area contributed by atoms with E-state index in [9.17, 15) is 4.79 Å². The lowest BCUT2D eigenvalue weighted by molar-refractivity contribution is -0.136. The van der Waals surface area contributed by atoms with E-state index in [1.807, 2.05) is 0 Å². The molecule has 0 rings (SSSR count). The van der Waals surface area contributed by atoms with Gasteiger partial charge in [0.25, 0.3) is 0 Å². The summed E-state index contributed by atoms with van der Waals surface area (Å²) in [6, 6.07) is 0. The summed E-state index contributed by atoms with van der Waals surface area (Å²) in [6.45, 7) is 2.27. The van der Waals surface area contributed by atoms with Gasteiger partial charge in [0.1, 0.15) is 5.38 Å². The summed E-state index contributed by atoms with van der Waals surface area (Å²) in [5.74, 6) is -0.886. The van der Waals surface area contributed by atoms with Crippen LogP contribution in [0.4, 0.5) is 0 Å². The average molecular weight is 373 g/mol. The molecule has 0 aliphatic carbocycles. The Morgan fingerprint density at radius 2 is 1.16 bits per heavy atom. The van der Waals surface area contributed by atoms with Crippen molar-refractivity contribution in [1.29, 1.82) is 0 Å². The second-order valence-electron chi connectivity index (χ2n) is 7.24. The third-order valence-corrected chi connectivity index (χ3v) is 5.14. The molecule has 0 heterocycles. The first-order valence-electron chi connectivity index (χ1n) is 10.7. The van der Waals surface area contributed by atoms with Crippen molar-refractivity contribution in [2.24, 2.45) is 0 Å². The zero-order valence-corrected chi connectivity index (χ0v) is 17.2. The SMILES string of the molecule is CCCCCCCCC=CCCCCCCCCCCC(Cl)C(=O)O. The standard InChI is InChI=1S/C22H41ClO2/c1-2-3-4-5-6-7-8-9-10-11-12-13-14-15-16-17-18-19-20-21(23)22(24)25/h9-10,21H,2-8,11-20H2,1H3,(H,24,25). The predicted molar refractivity (Wildman–Crippen MR) is 111 cm³/mol. The summed E-state index contributed by atoms with van der Waals surface area (Å²) in [4.78, 5) is 10.6. The van der Waals surface area contributed by atoms with Gasteiger partial charge in [-0.05, 0) is 32.1 Å². The minimum atomic E-state index is -0.886. The maximum Gasteiger partial charge on any atom is 0.321 e. The predicted octanol–water partition coefficient (Wildman–Crippen LogP) is 7.89. The van der Waals surface area contributed by atoms with E-state index in [4.69, 9.17) is 16.7 Å². The Balaban J connectivity index is 3.13. The Kier molecular flexibility index (Phi) is 19.4. The summed E-state index contributed by atoms with van der Waals surface area (Å²) in [7, 11) is 0. The molecule has 0 bridgehead atoms. The highest BCUT2D eigenvalue weighted by molar-refractivity contribution is 6.29. The molecule has 0 fully saturated rings. The highest BCUT2D eigenvalue weighted by atomic mass is 35.5. The Bertz CT molecular complexity index is 315. The van der Waals surface area contributed by atoms with Gasteiger partial charge in [0.2, 0.25) is 0 Å². The van der Waals surface area contributed by atoms with E-state index < -0.39 is 11.3 Å². The highest BCUT2D eigenvalue weighted by Crippen LogP contribution is 2.14. The number of alkyl halides is 1. The molecule has 0 aromatic heterocycles. The Morgan fingerprint density at radius 3 is 1.60 bits per heavy atom. The number of unbranched alkanes of at least 4 members (excludes halogenated alkanes) is 14. The number of carboxylic acids is 1. The molecule has 2 nitrogen and oxygen atoms in total. The fourth-order valence-electron chi connectivity index (χ4n) is 3.05. The van der Waals surface area contributed by atoms with Gasteiger partial charge in [-0.1, -0.05) is 96.1 Å². The molecule has 0 aliphatic rings. The highest BCUT2D eigenvalue weighted by Gasteiger charge is 2.11. The number of hydrogen-bond donors (Lipinski definition) is 1. The van der Waals surface area contributed by atoms with Crippen LogP contribution in [0.15, 0.2) is 12.2 Å². The van der Waals surface area contributed by atoms with Crippen LogP contribution >= 0.6 is 11.6 Å². The fourth-order valence-corrected chi connectivity index (χ4v) is 3.20. The summed E-state index contributed by atoms with van der Waals surface area (Å²) >= 11 is 5.69. The summed E-state index contributed by atoms with van der Waals surface area (Å²) in [5.41, 5.74) is 0. The van der Waals surface area contributed by atoms with Crippen LogP contribution < -0.4 is 0 Å². The molecule has 0 saturated heterocycles. The number of carbonyl (C=O) groups is 1. The molecule has 0 aromatic rings. The van der Waals surface area contributed by atoms with Crippen molar-refractivity contribution in [2.75, 3.05) is 0 Å². The number of rotatable bonds is 19. The second-order valence-corrected chi connectivity index (χ2v) is 7.77. The summed E-state index contributed by atoms with van der Waals surface area (Å²) in [5, 5.41) is 7.99. The van der Waals surface area contributed by atoms with Gasteiger partial charge in [-0.2, -0.15) is 0 Å². The quantitative estimate of drug-likeness (QED) is 0.142. The maximum atomic E-state index is 10.6. The Labute approximate surface area is 161 Å². The topological polar surface area (TPSA) is 37.3 Å². The zero-order valence-electron chi connectivity index (χ0n) is 16.5. The molecule has 25 heavy (non-hydrogen) atoms. The van der Waals surface area contributed by atoms with E-state index in [0.717, 1.165) is 12.8 Å². The molecular weight excluding hydrogens is 332 g/mol. The summed E-state index contributed by atoms with van der Waals surface area (Å²) in [6.07, 6.45) is 26.0. The van der Waals surface area contributed by atoms with Crippen LogP contribution in [0.5, 0.6) is 0 Å². The van der Waals surface area contributed by atoms with Crippen molar-refractivity contribution in [3.8, 4) is 0 Å². The number of halogens is 1. The minimum Gasteiger partial charge on any atom is -0.480 e. The number of carboxylic acid groups (broad SMARTS) is 1. The molecule has 0 radical (unpaired) electrons. The van der Waals surface area contributed by atoms with E-state index in [2.05, 4.69) is 19.1 Å². The van der Waals surface area contributed by atoms with Gasteiger partial charge in [-0.25, -0.2) is 0 Å². The Hall–Kier alpha value is -0.500. The molecule has 1 atom stereocenters. The van der Waals surface area contributed by atoms with E-state index >= 15 is 0 Å². The van der Waals surface area contributed by atoms with E-state index in [1.165, 1.54) is 89.9 Å². The van der Waals surface area contributed by atoms with Gasteiger partial charge in [0.05, 0.1) is 0 Å². The molecule has 0 saturated carbocycles. The normalized spacial score (nSPS) is 12.7. The lowest BCUT2D eigenvalue weighted by Crippen LogP contribution is -2.12. The molecular formula is C22H41ClO2. The van der Waals surface area contributed by atoms with E-state index in [-0.39, 0.29) is 0 Å². The van der Waals surface area contributed by atoms with Crippen LogP contribution in [-0.2, 0) is 4.79 Å². The van der Waals surface area contributed by atoms with Gasteiger partial charge in [0, 0.05) is 0 Å². The van der Waals surface area contributed by atoms with Crippen molar-refractivity contribution in [2.45, 2.75) is 121 Å². The van der Waals surface area contributed by atoms with Gasteiger partial charge < -0.3 is 5.11 Å².